The van der Waals surface area contributed by atoms with E-state index in [9.17, 15) is 0 Å². The third-order valence-corrected chi connectivity index (χ3v) is 0. The van der Waals surface area contributed by atoms with Gasteiger partial charge in [-0.05, 0) is 0 Å². The zero-order valence-corrected chi connectivity index (χ0v) is 7.92. The summed E-state index contributed by atoms with van der Waals surface area (Å²) in [5.41, 5.74) is 0. The van der Waals surface area contributed by atoms with E-state index >= 15 is 0 Å². The van der Waals surface area contributed by atoms with Crippen molar-refractivity contribution < 1.29 is 49.5 Å². The van der Waals surface area contributed by atoms with Crippen molar-refractivity contribution in [2.24, 2.45) is 0 Å². The van der Waals surface area contributed by atoms with Crippen molar-refractivity contribution in [3.63, 3.8) is 0 Å². The van der Waals surface area contributed by atoms with Gasteiger partial charge in [0, 0.05) is 21.1 Å². The van der Waals surface area contributed by atoms with Crippen molar-refractivity contribution in [1.82, 2.24) is 0 Å². The summed E-state index contributed by atoms with van der Waals surface area (Å²) in [6, 6.07) is 0. The van der Waals surface area contributed by atoms with Gasteiger partial charge in [-0.1, -0.05) is 0 Å². The molecule has 0 unspecified atom stereocenters. The van der Waals surface area contributed by atoms with Gasteiger partial charge < -0.3 is 0 Å². The first-order valence-corrected chi connectivity index (χ1v) is 4.34. The zero-order chi connectivity index (χ0) is 3.58. The van der Waals surface area contributed by atoms with Crippen molar-refractivity contribution >= 4 is 5.77 Å². The van der Waals surface area contributed by atoms with Gasteiger partial charge >= 0.3 is 34.2 Å². The van der Waals surface area contributed by atoms with Gasteiger partial charge in [0.1, 0.15) is 0 Å². The summed E-state index contributed by atoms with van der Waals surface area (Å²) in [6.07, 6.45) is 0. The van der Waals surface area contributed by atoms with Gasteiger partial charge in [0.25, 0.3) is 0 Å². The summed E-state index contributed by atoms with van der Waals surface area (Å²) >= 11 is 1.06. The number of rotatable bonds is 0. The molecule has 0 spiro atoms. The van der Waals surface area contributed by atoms with Gasteiger partial charge in [0.2, 0.25) is 0 Å². The van der Waals surface area contributed by atoms with Crippen LogP contribution in [0.15, 0.2) is 0 Å². The smallest absolute Gasteiger partial charge is 0 e. The van der Waals surface area contributed by atoms with E-state index in [0.717, 1.165) is 19.3 Å². The molecule has 0 aliphatic rings. The van der Waals surface area contributed by atoms with E-state index in [1.807, 2.05) is 0 Å². The van der Waals surface area contributed by atoms with Gasteiger partial charge in [-0.2, -0.15) is 0 Å². The predicted molar refractivity (Wildman–Crippen MR) is 8.29 cm³/mol. The average Bonchev–Trinajstić information content (AvgIpc) is 0.811. The monoisotopic (exact) mass is 345 g/mol. The van der Waals surface area contributed by atoms with Crippen molar-refractivity contribution in [3.8, 4) is 0 Å². The first-order valence-electron chi connectivity index (χ1n) is 0.548. The fourth-order valence-corrected chi connectivity index (χ4v) is 0. The predicted octanol–water partition coefficient (Wildman–Crippen LogP) is 0.619. The molecule has 0 N–H and O–H groups in total. The molecular formula is MoO2PW. The minimum Gasteiger partial charge on any atom is 0 e. The molecule has 0 radical (unpaired) electrons. The first kappa shape index (κ1) is 9.56. The van der Waals surface area contributed by atoms with E-state index in [-0.39, 0.29) is 21.1 Å². The van der Waals surface area contributed by atoms with Gasteiger partial charge in [-0.25, -0.2) is 0 Å². The maximum absolute atomic E-state index is 9.04. The fourth-order valence-electron chi connectivity index (χ4n) is 0. The molecule has 0 fully saturated rings. The minimum absolute atomic E-state index is 0. The minimum atomic E-state index is -2.11. The van der Waals surface area contributed by atoms with Crippen molar-refractivity contribution in [2.45, 2.75) is 0 Å². The Morgan fingerprint density at radius 2 is 1.40 bits per heavy atom. The van der Waals surface area contributed by atoms with Crippen LogP contribution in [0, 0.1) is 0 Å². The Morgan fingerprint density at radius 3 is 1.40 bits per heavy atom. The molecule has 0 aromatic heterocycles. The second kappa shape index (κ2) is 5.28. The maximum atomic E-state index is 9.04. The van der Waals surface area contributed by atoms with Crippen LogP contribution in [0.4, 0.5) is 0 Å². The molecule has 0 bridgehead atoms. The molecule has 0 saturated heterocycles. The second-order valence-electron chi connectivity index (χ2n) is 0.224. The van der Waals surface area contributed by atoms with Crippen molar-refractivity contribution in [3.05, 3.63) is 0 Å². The van der Waals surface area contributed by atoms with E-state index < -0.39 is 5.77 Å². The summed E-state index contributed by atoms with van der Waals surface area (Å²) in [7, 11) is 0. The van der Waals surface area contributed by atoms with E-state index in [0.29, 0.717) is 0 Å². The summed E-state index contributed by atoms with van der Waals surface area (Å²) in [5, 5.41) is 0. The van der Waals surface area contributed by atoms with Crippen LogP contribution < -0.4 is 0 Å². The van der Waals surface area contributed by atoms with Gasteiger partial charge in [-0.15, -0.1) is 0 Å². The molecule has 0 atom stereocenters. The third-order valence-electron chi connectivity index (χ3n) is 0. The SMILES string of the molecule is O=[P](=O)[Mo].[W]. The standard InChI is InChI=1S/Mo.O2P.W/c;1-3-2;. The summed E-state index contributed by atoms with van der Waals surface area (Å²) in [6.45, 7) is 0. The van der Waals surface area contributed by atoms with E-state index in [2.05, 4.69) is 0 Å². The average molecular weight is 343 g/mol. The van der Waals surface area contributed by atoms with Crippen LogP contribution in [0.5, 0.6) is 0 Å². The topological polar surface area (TPSA) is 34.1 Å². The molecule has 0 aliphatic carbocycles. The molecule has 0 aromatic rings. The Balaban J connectivity index is 0. The molecular weight excluding hydrogens is 343 g/mol. The summed E-state index contributed by atoms with van der Waals surface area (Å²) < 4.78 is 18.1. The second-order valence-corrected chi connectivity index (χ2v) is 2.87. The van der Waals surface area contributed by atoms with E-state index in [4.69, 9.17) is 9.13 Å². The molecule has 0 heterocycles. The molecule has 0 aliphatic heterocycles. The Kier molecular flexibility index (Phi) is 10.1. The van der Waals surface area contributed by atoms with E-state index in [1.165, 1.54) is 0 Å². The molecule has 0 aromatic carbocycles. The molecule has 5 heavy (non-hydrogen) atoms. The third kappa shape index (κ3) is 34.8. The molecule has 2 nitrogen and oxygen atoms in total. The summed E-state index contributed by atoms with van der Waals surface area (Å²) in [5.74, 6) is -2.11. The van der Waals surface area contributed by atoms with Crippen LogP contribution >= 0.6 is 5.77 Å². The fraction of sp³-hybridized carbons (Fsp3) is 0. The van der Waals surface area contributed by atoms with Crippen molar-refractivity contribution in [1.29, 1.82) is 0 Å². The summed E-state index contributed by atoms with van der Waals surface area (Å²) in [4.78, 5) is 0. The molecule has 0 saturated carbocycles. The van der Waals surface area contributed by atoms with Crippen molar-refractivity contribution in [2.75, 3.05) is 0 Å². The van der Waals surface area contributed by atoms with Gasteiger partial charge in [0.15, 0.2) is 0 Å². The van der Waals surface area contributed by atoms with Crippen LogP contribution in [0.25, 0.3) is 0 Å². The zero-order valence-electron chi connectivity index (χ0n) is 2.08. The maximum Gasteiger partial charge on any atom is 0 e. The molecule has 0 amide bonds. The largest absolute Gasteiger partial charge is 0 e. The molecule has 29 valence electrons. The van der Waals surface area contributed by atoms with Crippen LogP contribution in [0.1, 0.15) is 0 Å². The Labute approximate surface area is 55.1 Å². The van der Waals surface area contributed by atoms with Crippen LogP contribution in [-0.2, 0) is 49.5 Å². The van der Waals surface area contributed by atoms with Crippen LogP contribution in [0.3, 0.4) is 0 Å². The first-order chi connectivity index (χ1) is 1.73. The van der Waals surface area contributed by atoms with Crippen LogP contribution in [-0.4, -0.2) is 0 Å². The number of hydrogen-bond donors (Lipinski definition) is 0. The Hall–Kier alpha value is 1.28. The quantitative estimate of drug-likeness (QED) is 0.478. The Morgan fingerprint density at radius 1 is 1.40 bits per heavy atom. The normalized spacial score (nSPS) is 4.80. The van der Waals surface area contributed by atoms with Gasteiger partial charge in [0.05, 0.1) is 0 Å². The Bertz CT molecular complexity index is 58.0. The molecule has 0 rings (SSSR count). The van der Waals surface area contributed by atoms with E-state index in [1.54, 1.807) is 0 Å². The van der Waals surface area contributed by atoms with Crippen LogP contribution in [0.2, 0.25) is 0 Å². The van der Waals surface area contributed by atoms with Gasteiger partial charge in [-0.3, -0.25) is 0 Å². The number of hydrogen-bond acceptors (Lipinski definition) is 2. The molecule has 5 heteroatoms.